The van der Waals surface area contributed by atoms with Crippen LogP contribution in [0.1, 0.15) is 26.2 Å². The van der Waals surface area contributed by atoms with E-state index in [0.29, 0.717) is 0 Å². The van der Waals surface area contributed by atoms with Crippen LogP contribution < -0.4 is 5.73 Å². The largest absolute Gasteiger partial charge is 0.330 e. The molecule has 0 spiro atoms. The fourth-order valence-corrected chi connectivity index (χ4v) is 0.466. The normalized spacial score (nSPS) is 9.43. The maximum Gasteiger partial charge on any atom is -0.00772 e. The van der Waals surface area contributed by atoms with Crippen LogP contribution in [0.25, 0.3) is 0 Å². The van der Waals surface area contributed by atoms with Gasteiger partial charge < -0.3 is 5.73 Å². The van der Waals surface area contributed by atoms with E-state index in [-0.39, 0.29) is 0 Å². The monoisotopic (exact) mass is 100 g/mol. The fourth-order valence-electron chi connectivity index (χ4n) is 0.466. The van der Waals surface area contributed by atoms with Crippen LogP contribution in [0.4, 0.5) is 0 Å². The van der Waals surface area contributed by atoms with Gasteiger partial charge in [-0.05, 0) is 25.8 Å². The van der Waals surface area contributed by atoms with Gasteiger partial charge in [-0.1, -0.05) is 13.3 Å². The van der Waals surface area contributed by atoms with Crippen LogP contribution in [0.3, 0.4) is 0 Å². The van der Waals surface area contributed by atoms with E-state index in [9.17, 15) is 0 Å². The quantitative estimate of drug-likeness (QED) is 0.530. The number of unbranched alkanes of at least 4 members (excludes halogenated alkanes) is 3. The van der Waals surface area contributed by atoms with Crippen molar-refractivity contribution >= 4 is 0 Å². The van der Waals surface area contributed by atoms with Crippen molar-refractivity contribution in [3.63, 3.8) is 0 Å². The summed E-state index contributed by atoms with van der Waals surface area (Å²) in [6, 6.07) is 0. The molecule has 1 nitrogen and oxygen atoms in total. The first-order valence-corrected chi connectivity index (χ1v) is 2.93. The van der Waals surface area contributed by atoms with Crippen molar-refractivity contribution in [1.82, 2.24) is 0 Å². The fraction of sp³-hybridized carbons (Fsp3) is 0.833. The Morgan fingerprint density at radius 1 is 1.57 bits per heavy atom. The highest BCUT2D eigenvalue weighted by Crippen LogP contribution is 1.93. The molecule has 0 saturated heterocycles. The van der Waals surface area contributed by atoms with Crippen molar-refractivity contribution in [3.05, 3.63) is 6.42 Å². The van der Waals surface area contributed by atoms with E-state index >= 15 is 0 Å². The van der Waals surface area contributed by atoms with Gasteiger partial charge in [-0.25, -0.2) is 0 Å². The zero-order valence-corrected chi connectivity index (χ0v) is 4.98. The summed E-state index contributed by atoms with van der Waals surface area (Å²) in [5, 5.41) is 0. The standard InChI is InChI=1S/C6H14N/c1-2-3-4-5-6-7/h3H,2,4-7H2,1H3. The predicted octanol–water partition coefficient (Wildman–Crippen LogP) is 1.34. The summed E-state index contributed by atoms with van der Waals surface area (Å²) in [5.41, 5.74) is 5.25. The van der Waals surface area contributed by atoms with Gasteiger partial charge in [0, 0.05) is 0 Å². The topological polar surface area (TPSA) is 26.0 Å². The second-order valence-electron chi connectivity index (χ2n) is 1.63. The molecule has 0 aromatic rings. The molecule has 0 aromatic carbocycles. The Hall–Kier alpha value is -0.0400. The second kappa shape index (κ2) is 5.96. The summed E-state index contributed by atoms with van der Waals surface area (Å²) in [6.07, 6.45) is 5.77. The van der Waals surface area contributed by atoms with Crippen molar-refractivity contribution in [2.45, 2.75) is 26.2 Å². The average Bonchev–Trinajstić information content (AvgIpc) is 1.69. The third-order valence-electron chi connectivity index (χ3n) is 0.901. The molecule has 0 fully saturated rings. The van der Waals surface area contributed by atoms with Crippen LogP contribution in [0, 0.1) is 6.42 Å². The van der Waals surface area contributed by atoms with Crippen molar-refractivity contribution in [2.75, 3.05) is 6.54 Å². The molecule has 0 aliphatic carbocycles. The van der Waals surface area contributed by atoms with Crippen molar-refractivity contribution in [1.29, 1.82) is 0 Å². The van der Waals surface area contributed by atoms with Gasteiger partial charge in [0.2, 0.25) is 0 Å². The lowest BCUT2D eigenvalue weighted by Gasteiger charge is -1.90. The van der Waals surface area contributed by atoms with E-state index in [1.165, 1.54) is 12.8 Å². The molecular weight excluding hydrogens is 86.1 g/mol. The molecule has 1 radical (unpaired) electrons. The van der Waals surface area contributed by atoms with E-state index in [0.717, 1.165) is 13.0 Å². The van der Waals surface area contributed by atoms with E-state index in [4.69, 9.17) is 5.73 Å². The Morgan fingerprint density at radius 3 is 2.71 bits per heavy atom. The van der Waals surface area contributed by atoms with Gasteiger partial charge in [0.15, 0.2) is 0 Å². The van der Waals surface area contributed by atoms with Crippen LogP contribution >= 0.6 is 0 Å². The van der Waals surface area contributed by atoms with Crippen LogP contribution in [0.5, 0.6) is 0 Å². The molecule has 0 saturated carbocycles. The minimum atomic E-state index is 0.830. The number of hydrogen-bond acceptors (Lipinski definition) is 1. The lowest BCUT2D eigenvalue weighted by molar-refractivity contribution is 0.792. The molecule has 43 valence electrons. The molecule has 0 heterocycles. The smallest absolute Gasteiger partial charge is 0.00772 e. The van der Waals surface area contributed by atoms with Gasteiger partial charge in [-0.3, -0.25) is 0 Å². The summed E-state index contributed by atoms with van der Waals surface area (Å²) in [5.74, 6) is 0. The molecule has 0 bridgehead atoms. The molecule has 0 aliphatic heterocycles. The molecule has 7 heavy (non-hydrogen) atoms. The first-order chi connectivity index (χ1) is 3.41. The van der Waals surface area contributed by atoms with Gasteiger partial charge in [0.25, 0.3) is 0 Å². The number of rotatable bonds is 4. The van der Waals surface area contributed by atoms with Crippen molar-refractivity contribution < 1.29 is 0 Å². The summed E-state index contributed by atoms with van der Waals surface area (Å²) < 4.78 is 0. The highest BCUT2D eigenvalue weighted by molar-refractivity contribution is 4.60. The summed E-state index contributed by atoms with van der Waals surface area (Å²) in [7, 11) is 0. The summed E-state index contributed by atoms with van der Waals surface area (Å²) in [4.78, 5) is 0. The zero-order valence-electron chi connectivity index (χ0n) is 4.98. The van der Waals surface area contributed by atoms with E-state index < -0.39 is 0 Å². The first-order valence-electron chi connectivity index (χ1n) is 2.93. The molecule has 0 aromatic heterocycles. The maximum absolute atomic E-state index is 5.25. The Morgan fingerprint density at radius 2 is 2.29 bits per heavy atom. The van der Waals surface area contributed by atoms with Crippen molar-refractivity contribution in [3.8, 4) is 0 Å². The minimum Gasteiger partial charge on any atom is -0.330 e. The average molecular weight is 100 g/mol. The van der Waals surface area contributed by atoms with Crippen LogP contribution in [0.2, 0.25) is 0 Å². The molecule has 0 rings (SSSR count). The molecule has 0 aliphatic rings. The number of hydrogen-bond donors (Lipinski definition) is 1. The third-order valence-corrected chi connectivity index (χ3v) is 0.901. The summed E-state index contributed by atoms with van der Waals surface area (Å²) >= 11 is 0. The zero-order chi connectivity index (χ0) is 5.54. The van der Waals surface area contributed by atoms with Gasteiger partial charge >= 0.3 is 0 Å². The van der Waals surface area contributed by atoms with Crippen LogP contribution in [-0.2, 0) is 0 Å². The third kappa shape index (κ3) is 5.96. The van der Waals surface area contributed by atoms with Gasteiger partial charge in [-0.2, -0.15) is 0 Å². The minimum absolute atomic E-state index is 0.830. The Bertz CT molecular complexity index is 23.4. The molecule has 2 N–H and O–H groups in total. The van der Waals surface area contributed by atoms with E-state index in [1.807, 2.05) is 0 Å². The summed E-state index contributed by atoms with van der Waals surface area (Å²) in [6.45, 7) is 2.98. The number of nitrogens with two attached hydrogens (primary N) is 1. The molecule has 0 amide bonds. The molecule has 0 atom stereocenters. The van der Waals surface area contributed by atoms with E-state index in [1.54, 1.807) is 0 Å². The maximum atomic E-state index is 5.25. The van der Waals surface area contributed by atoms with Crippen LogP contribution in [-0.4, -0.2) is 6.54 Å². The second-order valence-corrected chi connectivity index (χ2v) is 1.63. The highest BCUT2D eigenvalue weighted by Gasteiger charge is 1.80. The lowest BCUT2D eigenvalue weighted by atomic mass is 10.2. The highest BCUT2D eigenvalue weighted by atomic mass is 14.5. The van der Waals surface area contributed by atoms with Crippen molar-refractivity contribution in [2.24, 2.45) is 5.73 Å². The van der Waals surface area contributed by atoms with Gasteiger partial charge in [0.1, 0.15) is 0 Å². The van der Waals surface area contributed by atoms with Gasteiger partial charge in [-0.15, -0.1) is 0 Å². The molecule has 1 heteroatoms. The Labute approximate surface area is 45.9 Å². The SMILES string of the molecule is CC[CH]CCCN. The molecular formula is C6H14N. The molecule has 0 unspecified atom stereocenters. The first kappa shape index (κ1) is 6.96. The Balaban J connectivity index is 2.45. The predicted molar refractivity (Wildman–Crippen MR) is 32.9 cm³/mol. The Kier molecular flexibility index (Phi) is 5.93. The lowest BCUT2D eigenvalue weighted by Crippen LogP contribution is -1.97. The van der Waals surface area contributed by atoms with E-state index in [2.05, 4.69) is 13.3 Å². The van der Waals surface area contributed by atoms with Crippen LogP contribution in [0.15, 0.2) is 0 Å². The van der Waals surface area contributed by atoms with Gasteiger partial charge in [0.05, 0.1) is 0 Å².